The van der Waals surface area contributed by atoms with Crippen LogP contribution in [0.2, 0.25) is 0 Å². The first-order valence-electron chi connectivity index (χ1n) is 5.72. The van der Waals surface area contributed by atoms with Crippen LogP contribution >= 0.6 is 27.5 Å². The van der Waals surface area contributed by atoms with Gasteiger partial charge < -0.3 is 4.74 Å². The van der Waals surface area contributed by atoms with Gasteiger partial charge in [0.25, 0.3) is 0 Å². The number of ether oxygens (including phenoxy) is 1. The molecule has 0 saturated heterocycles. The zero-order valence-electron chi connectivity index (χ0n) is 10.1. The van der Waals surface area contributed by atoms with Crippen molar-refractivity contribution in [3.8, 4) is 5.75 Å². The van der Waals surface area contributed by atoms with Crippen molar-refractivity contribution in [3.63, 3.8) is 0 Å². The molecule has 0 fully saturated rings. The summed E-state index contributed by atoms with van der Waals surface area (Å²) in [6.45, 7) is 2.59. The molecule has 0 amide bonds. The van der Waals surface area contributed by atoms with E-state index in [0.29, 0.717) is 12.5 Å². The van der Waals surface area contributed by atoms with Gasteiger partial charge in [-0.2, -0.15) is 0 Å². The average Bonchev–Trinajstić information content (AvgIpc) is 2.38. The molecule has 2 aromatic carbocycles. The van der Waals surface area contributed by atoms with E-state index in [4.69, 9.17) is 16.3 Å². The van der Waals surface area contributed by atoms with Gasteiger partial charge in [0.05, 0.1) is 5.88 Å². The molecule has 0 atom stereocenters. The fourth-order valence-corrected chi connectivity index (χ4v) is 2.65. The van der Waals surface area contributed by atoms with Gasteiger partial charge in [-0.25, -0.2) is 0 Å². The van der Waals surface area contributed by atoms with E-state index in [1.165, 1.54) is 0 Å². The summed E-state index contributed by atoms with van der Waals surface area (Å²) in [4.78, 5) is 0. The Bertz CT molecular complexity index is 526. The molecule has 3 heteroatoms. The third-order valence-corrected chi connectivity index (χ3v) is 3.43. The number of rotatable bonds is 4. The normalized spacial score (nSPS) is 10.4. The van der Waals surface area contributed by atoms with Crippen LogP contribution in [0.25, 0.3) is 0 Å². The standard InChI is InChI=1S/C15H14BrClO/c1-11-7-14(16)8-13(9-17)15(11)18-10-12-5-3-2-4-6-12/h2-8H,9-10H2,1H3. The first-order valence-corrected chi connectivity index (χ1v) is 7.05. The summed E-state index contributed by atoms with van der Waals surface area (Å²) < 4.78 is 6.92. The highest BCUT2D eigenvalue weighted by Crippen LogP contribution is 2.29. The first kappa shape index (κ1) is 13.4. The van der Waals surface area contributed by atoms with Crippen LogP contribution in [0.1, 0.15) is 16.7 Å². The Hall–Kier alpha value is -0.990. The van der Waals surface area contributed by atoms with E-state index in [0.717, 1.165) is 26.9 Å². The minimum absolute atomic E-state index is 0.449. The molecule has 2 rings (SSSR count). The van der Waals surface area contributed by atoms with Gasteiger partial charge in [0, 0.05) is 10.0 Å². The molecule has 0 aliphatic carbocycles. The molecule has 0 saturated carbocycles. The molecule has 0 radical (unpaired) electrons. The second kappa shape index (κ2) is 6.26. The first-order chi connectivity index (χ1) is 8.70. The molecular weight excluding hydrogens is 312 g/mol. The predicted octanol–water partition coefficient (Wildman–Crippen LogP) is 5.08. The van der Waals surface area contributed by atoms with Crippen LogP contribution in [0.5, 0.6) is 5.75 Å². The Labute approximate surface area is 121 Å². The number of halogens is 2. The molecule has 0 aliphatic heterocycles. The zero-order valence-corrected chi connectivity index (χ0v) is 12.5. The Morgan fingerprint density at radius 3 is 2.56 bits per heavy atom. The van der Waals surface area contributed by atoms with Crippen LogP contribution in [0.3, 0.4) is 0 Å². The van der Waals surface area contributed by atoms with E-state index < -0.39 is 0 Å². The molecule has 0 aromatic heterocycles. The van der Waals surface area contributed by atoms with E-state index >= 15 is 0 Å². The number of benzene rings is 2. The van der Waals surface area contributed by atoms with Gasteiger partial charge in [-0.1, -0.05) is 46.3 Å². The maximum Gasteiger partial charge on any atom is 0.127 e. The highest BCUT2D eigenvalue weighted by molar-refractivity contribution is 9.10. The second-order valence-corrected chi connectivity index (χ2v) is 5.30. The predicted molar refractivity (Wildman–Crippen MR) is 79.2 cm³/mol. The van der Waals surface area contributed by atoms with Crippen LogP contribution in [0.15, 0.2) is 46.9 Å². The van der Waals surface area contributed by atoms with Crippen LogP contribution < -0.4 is 4.74 Å². The quantitative estimate of drug-likeness (QED) is 0.713. The van der Waals surface area contributed by atoms with Crippen molar-refractivity contribution in [2.75, 3.05) is 0 Å². The molecule has 0 unspecified atom stereocenters. The summed E-state index contributed by atoms with van der Waals surface area (Å²) in [6, 6.07) is 14.2. The largest absolute Gasteiger partial charge is 0.488 e. The summed E-state index contributed by atoms with van der Waals surface area (Å²) >= 11 is 9.43. The van der Waals surface area contributed by atoms with Gasteiger partial charge in [0.1, 0.15) is 12.4 Å². The lowest BCUT2D eigenvalue weighted by molar-refractivity contribution is 0.301. The molecule has 0 spiro atoms. The summed E-state index contributed by atoms with van der Waals surface area (Å²) in [5, 5.41) is 0. The Morgan fingerprint density at radius 2 is 1.89 bits per heavy atom. The minimum atomic E-state index is 0.449. The number of hydrogen-bond acceptors (Lipinski definition) is 1. The van der Waals surface area contributed by atoms with Gasteiger partial charge in [-0.05, 0) is 30.2 Å². The lowest BCUT2D eigenvalue weighted by Crippen LogP contribution is -2.00. The van der Waals surface area contributed by atoms with E-state index in [2.05, 4.69) is 28.1 Å². The summed E-state index contributed by atoms with van der Waals surface area (Å²) in [5.41, 5.74) is 3.26. The molecule has 18 heavy (non-hydrogen) atoms. The van der Waals surface area contributed by atoms with E-state index in [-0.39, 0.29) is 0 Å². The monoisotopic (exact) mass is 324 g/mol. The van der Waals surface area contributed by atoms with Crippen molar-refractivity contribution in [1.29, 1.82) is 0 Å². The topological polar surface area (TPSA) is 9.23 Å². The van der Waals surface area contributed by atoms with E-state index in [1.54, 1.807) is 0 Å². The smallest absolute Gasteiger partial charge is 0.127 e. The van der Waals surface area contributed by atoms with Crippen molar-refractivity contribution in [2.45, 2.75) is 19.4 Å². The van der Waals surface area contributed by atoms with Crippen LogP contribution in [0, 0.1) is 6.92 Å². The van der Waals surface area contributed by atoms with Gasteiger partial charge in [-0.15, -0.1) is 11.6 Å². The summed E-state index contributed by atoms with van der Waals surface area (Å²) in [7, 11) is 0. The highest BCUT2D eigenvalue weighted by Gasteiger charge is 2.08. The lowest BCUT2D eigenvalue weighted by Gasteiger charge is -2.13. The third kappa shape index (κ3) is 3.27. The SMILES string of the molecule is Cc1cc(Br)cc(CCl)c1OCc1ccccc1. The van der Waals surface area contributed by atoms with Crippen LogP contribution in [-0.4, -0.2) is 0 Å². The number of aryl methyl sites for hydroxylation is 1. The number of alkyl halides is 1. The van der Waals surface area contributed by atoms with Gasteiger partial charge in [0.15, 0.2) is 0 Å². The van der Waals surface area contributed by atoms with Crippen LogP contribution in [0.4, 0.5) is 0 Å². The summed E-state index contributed by atoms with van der Waals surface area (Å²) in [5.74, 6) is 1.33. The number of hydrogen-bond donors (Lipinski definition) is 0. The Morgan fingerprint density at radius 1 is 1.17 bits per heavy atom. The minimum Gasteiger partial charge on any atom is -0.488 e. The fourth-order valence-electron chi connectivity index (χ4n) is 1.83. The van der Waals surface area contributed by atoms with Gasteiger partial charge in [0.2, 0.25) is 0 Å². The van der Waals surface area contributed by atoms with Gasteiger partial charge in [-0.3, -0.25) is 0 Å². The molecule has 0 N–H and O–H groups in total. The van der Waals surface area contributed by atoms with Crippen molar-refractivity contribution in [2.24, 2.45) is 0 Å². The van der Waals surface area contributed by atoms with Crippen molar-refractivity contribution in [3.05, 3.63) is 63.6 Å². The maximum absolute atomic E-state index is 5.96. The molecule has 94 valence electrons. The molecule has 0 heterocycles. The lowest BCUT2D eigenvalue weighted by atomic mass is 10.1. The Kier molecular flexibility index (Phi) is 4.67. The molecule has 2 aromatic rings. The van der Waals surface area contributed by atoms with E-state index in [1.807, 2.05) is 37.3 Å². The molecule has 1 nitrogen and oxygen atoms in total. The molecule has 0 bridgehead atoms. The van der Waals surface area contributed by atoms with E-state index in [9.17, 15) is 0 Å². The van der Waals surface area contributed by atoms with Crippen molar-refractivity contribution < 1.29 is 4.74 Å². The third-order valence-electron chi connectivity index (χ3n) is 2.69. The Balaban J connectivity index is 2.19. The van der Waals surface area contributed by atoms with Crippen LogP contribution in [-0.2, 0) is 12.5 Å². The highest BCUT2D eigenvalue weighted by atomic mass is 79.9. The summed E-state index contributed by atoms with van der Waals surface area (Å²) in [6.07, 6.45) is 0. The average molecular weight is 326 g/mol. The maximum atomic E-state index is 5.96. The van der Waals surface area contributed by atoms with Crippen molar-refractivity contribution in [1.82, 2.24) is 0 Å². The fraction of sp³-hybridized carbons (Fsp3) is 0.200. The molecular formula is C15H14BrClO. The second-order valence-electron chi connectivity index (χ2n) is 4.12. The van der Waals surface area contributed by atoms with Gasteiger partial charge >= 0.3 is 0 Å². The van der Waals surface area contributed by atoms with Crippen molar-refractivity contribution >= 4 is 27.5 Å². The molecule has 0 aliphatic rings. The zero-order chi connectivity index (χ0) is 13.0.